The zero-order chi connectivity index (χ0) is 13.1. The molecule has 94 valence electrons. The monoisotopic (exact) mass is 236 g/mol. The van der Waals surface area contributed by atoms with Crippen molar-refractivity contribution < 1.29 is 9.90 Å². The number of rotatable bonds is 4. The highest BCUT2D eigenvalue weighted by molar-refractivity contribution is 5.97. The van der Waals surface area contributed by atoms with E-state index >= 15 is 0 Å². The van der Waals surface area contributed by atoms with Crippen LogP contribution in [0.3, 0.4) is 0 Å². The van der Waals surface area contributed by atoms with Gasteiger partial charge in [-0.05, 0) is 44.9 Å². The van der Waals surface area contributed by atoms with E-state index in [0.717, 1.165) is 5.56 Å². The van der Waals surface area contributed by atoms with Crippen LogP contribution in [-0.4, -0.2) is 23.2 Å². The number of amides is 1. The highest BCUT2D eigenvalue weighted by atomic mass is 16.3. The second-order valence-corrected chi connectivity index (χ2v) is 4.83. The molecule has 0 spiro atoms. The second kappa shape index (κ2) is 5.19. The summed E-state index contributed by atoms with van der Waals surface area (Å²) in [6.45, 7) is 5.62. The van der Waals surface area contributed by atoms with Crippen molar-refractivity contribution in [2.24, 2.45) is 0 Å². The first-order chi connectivity index (χ1) is 7.87. The molecule has 1 aromatic rings. The third-order valence-electron chi connectivity index (χ3n) is 2.81. The van der Waals surface area contributed by atoms with Gasteiger partial charge in [-0.3, -0.25) is 4.79 Å². The van der Waals surface area contributed by atoms with Crippen molar-refractivity contribution in [2.45, 2.75) is 32.7 Å². The lowest BCUT2D eigenvalue weighted by molar-refractivity contribution is 0.0899. The molecule has 4 N–H and O–H groups in total. The van der Waals surface area contributed by atoms with Gasteiger partial charge in [-0.25, -0.2) is 0 Å². The largest absolute Gasteiger partial charge is 0.398 e. The summed E-state index contributed by atoms with van der Waals surface area (Å²) < 4.78 is 0. The van der Waals surface area contributed by atoms with Gasteiger partial charge in [0, 0.05) is 23.4 Å². The van der Waals surface area contributed by atoms with Crippen LogP contribution in [0.5, 0.6) is 0 Å². The molecule has 0 atom stereocenters. The summed E-state index contributed by atoms with van der Waals surface area (Å²) in [5.41, 5.74) is 7.30. The first-order valence-electron chi connectivity index (χ1n) is 5.66. The van der Waals surface area contributed by atoms with E-state index in [4.69, 9.17) is 10.8 Å². The molecule has 0 radical (unpaired) electrons. The van der Waals surface area contributed by atoms with Gasteiger partial charge in [0.1, 0.15) is 0 Å². The SMILES string of the molecule is Cc1c(N)cccc1C(=O)NC(C)(C)CCO. The molecule has 0 aliphatic heterocycles. The van der Waals surface area contributed by atoms with E-state index in [2.05, 4.69) is 5.32 Å². The van der Waals surface area contributed by atoms with Crippen LogP contribution in [0.25, 0.3) is 0 Å². The maximum absolute atomic E-state index is 12.1. The molecule has 1 amide bonds. The van der Waals surface area contributed by atoms with Gasteiger partial charge in [0.05, 0.1) is 0 Å². The predicted octanol–water partition coefficient (Wildman–Crippen LogP) is 1.47. The fourth-order valence-corrected chi connectivity index (χ4v) is 1.62. The molecular formula is C13H20N2O2. The van der Waals surface area contributed by atoms with Crippen LogP contribution in [0, 0.1) is 6.92 Å². The molecule has 1 aromatic carbocycles. The minimum atomic E-state index is -0.428. The molecule has 1 rings (SSSR count). The molecule has 0 unspecified atom stereocenters. The first-order valence-corrected chi connectivity index (χ1v) is 5.66. The minimum Gasteiger partial charge on any atom is -0.398 e. The van der Waals surface area contributed by atoms with Crippen LogP contribution >= 0.6 is 0 Å². The first kappa shape index (κ1) is 13.5. The number of aliphatic hydroxyl groups is 1. The van der Waals surface area contributed by atoms with Gasteiger partial charge in [-0.1, -0.05) is 6.07 Å². The zero-order valence-electron chi connectivity index (χ0n) is 10.6. The number of benzene rings is 1. The van der Waals surface area contributed by atoms with Gasteiger partial charge < -0.3 is 16.2 Å². The summed E-state index contributed by atoms with van der Waals surface area (Å²) in [5, 5.41) is 11.8. The Hall–Kier alpha value is -1.55. The molecule has 0 aliphatic rings. The number of carbonyl (C=O) groups is 1. The average molecular weight is 236 g/mol. The fourth-order valence-electron chi connectivity index (χ4n) is 1.62. The molecule has 4 heteroatoms. The van der Waals surface area contributed by atoms with E-state index in [9.17, 15) is 4.79 Å². The average Bonchev–Trinajstić information content (AvgIpc) is 2.21. The van der Waals surface area contributed by atoms with Crippen LogP contribution in [-0.2, 0) is 0 Å². The highest BCUT2D eigenvalue weighted by Gasteiger charge is 2.21. The van der Waals surface area contributed by atoms with E-state index in [1.54, 1.807) is 18.2 Å². The number of carbonyl (C=O) groups excluding carboxylic acids is 1. The molecule has 0 saturated heterocycles. The number of nitrogens with two attached hydrogens (primary N) is 1. The Morgan fingerprint density at radius 2 is 2.12 bits per heavy atom. The molecule has 0 fully saturated rings. The van der Waals surface area contributed by atoms with Gasteiger partial charge in [0.15, 0.2) is 0 Å². The lowest BCUT2D eigenvalue weighted by atomic mass is 9.99. The van der Waals surface area contributed by atoms with Gasteiger partial charge in [-0.2, -0.15) is 0 Å². The van der Waals surface area contributed by atoms with E-state index in [1.165, 1.54) is 0 Å². The maximum atomic E-state index is 12.1. The Labute approximate surface area is 102 Å². The quantitative estimate of drug-likeness (QED) is 0.693. The Morgan fingerprint density at radius 1 is 1.47 bits per heavy atom. The van der Waals surface area contributed by atoms with Crippen LogP contribution in [0.4, 0.5) is 5.69 Å². The summed E-state index contributed by atoms with van der Waals surface area (Å²) in [6, 6.07) is 5.28. The molecule has 17 heavy (non-hydrogen) atoms. The van der Waals surface area contributed by atoms with Crippen molar-refractivity contribution >= 4 is 11.6 Å². The standard InChI is InChI=1S/C13H20N2O2/c1-9-10(5-4-6-11(9)14)12(17)15-13(2,3)7-8-16/h4-6,16H,7-8,14H2,1-3H3,(H,15,17). The van der Waals surface area contributed by atoms with E-state index in [1.807, 2.05) is 20.8 Å². The predicted molar refractivity (Wildman–Crippen MR) is 68.8 cm³/mol. The van der Waals surface area contributed by atoms with Crippen LogP contribution < -0.4 is 11.1 Å². The van der Waals surface area contributed by atoms with Crippen molar-refractivity contribution in [1.29, 1.82) is 0 Å². The van der Waals surface area contributed by atoms with Crippen molar-refractivity contribution in [3.05, 3.63) is 29.3 Å². The third-order valence-corrected chi connectivity index (χ3v) is 2.81. The molecule has 0 heterocycles. The van der Waals surface area contributed by atoms with Crippen molar-refractivity contribution in [3.8, 4) is 0 Å². The summed E-state index contributed by atoms with van der Waals surface area (Å²) in [4.78, 5) is 12.1. The normalized spacial score (nSPS) is 11.3. The lowest BCUT2D eigenvalue weighted by Crippen LogP contribution is -2.44. The molecule has 4 nitrogen and oxygen atoms in total. The highest BCUT2D eigenvalue weighted by Crippen LogP contribution is 2.17. The summed E-state index contributed by atoms with van der Waals surface area (Å²) in [7, 11) is 0. The molecule has 0 aliphatic carbocycles. The van der Waals surface area contributed by atoms with Crippen LogP contribution in [0.1, 0.15) is 36.2 Å². The minimum absolute atomic E-state index is 0.0448. The topological polar surface area (TPSA) is 75.4 Å². The summed E-state index contributed by atoms with van der Waals surface area (Å²) >= 11 is 0. The van der Waals surface area contributed by atoms with Crippen molar-refractivity contribution in [3.63, 3.8) is 0 Å². The lowest BCUT2D eigenvalue weighted by Gasteiger charge is -2.25. The van der Waals surface area contributed by atoms with E-state index in [-0.39, 0.29) is 12.5 Å². The van der Waals surface area contributed by atoms with Crippen molar-refractivity contribution in [1.82, 2.24) is 5.32 Å². The molecule has 0 aromatic heterocycles. The number of anilines is 1. The molecule has 0 bridgehead atoms. The van der Waals surface area contributed by atoms with E-state index < -0.39 is 5.54 Å². The fraction of sp³-hybridized carbons (Fsp3) is 0.462. The number of nitrogens with one attached hydrogen (secondary N) is 1. The summed E-state index contributed by atoms with van der Waals surface area (Å²) in [6.07, 6.45) is 0.514. The zero-order valence-corrected chi connectivity index (χ0v) is 10.6. The van der Waals surface area contributed by atoms with Gasteiger partial charge in [0.2, 0.25) is 0 Å². The van der Waals surface area contributed by atoms with Gasteiger partial charge in [0.25, 0.3) is 5.91 Å². The number of hydrogen-bond acceptors (Lipinski definition) is 3. The van der Waals surface area contributed by atoms with Gasteiger partial charge in [-0.15, -0.1) is 0 Å². The number of hydrogen-bond donors (Lipinski definition) is 3. The van der Waals surface area contributed by atoms with Gasteiger partial charge >= 0.3 is 0 Å². The Bertz CT molecular complexity index is 414. The maximum Gasteiger partial charge on any atom is 0.252 e. The molecule has 0 saturated carbocycles. The smallest absolute Gasteiger partial charge is 0.252 e. The Morgan fingerprint density at radius 3 is 2.71 bits per heavy atom. The van der Waals surface area contributed by atoms with Crippen LogP contribution in [0.2, 0.25) is 0 Å². The number of aliphatic hydroxyl groups excluding tert-OH is 1. The summed E-state index contributed by atoms with van der Waals surface area (Å²) in [5.74, 6) is -0.159. The third kappa shape index (κ3) is 3.46. The Kier molecular flexibility index (Phi) is 4.12. The number of nitrogen functional groups attached to an aromatic ring is 1. The molecular weight excluding hydrogens is 216 g/mol. The van der Waals surface area contributed by atoms with Crippen molar-refractivity contribution in [2.75, 3.05) is 12.3 Å². The van der Waals surface area contributed by atoms with E-state index in [0.29, 0.717) is 17.7 Å². The second-order valence-electron chi connectivity index (χ2n) is 4.83. The van der Waals surface area contributed by atoms with Crippen LogP contribution in [0.15, 0.2) is 18.2 Å². The Balaban J connectivity index is 2.87.